The molecule has 0 unspecified atom stereocenters. The number of methoxy groups -OCH3 is 1. The number of halogens is 1. The van der Waals surface area contributed by atoms with Gasteiger partial charge in [0.1, 0.15) is 11.8 Å². The van der Waals surface area contributed by atoms with Gasteiger partial charge in [-0.05, 0) is 66.2 Å². The first-order valence-electron chi connectivity index (χ1n) is 12.8. The van der Waals surface area contributed by atoms with Crippen LogP contribution in [0.15, 0.2) is 47.3 Å². The Bertz CT molecular complexity index is 1460. The summed E-state index contributed by atoms with van der Waals surface area (Å²) in [6.07, 6.45) is 0. The quantitative estimate of drug-likeness (QED) is 0.346. The predicted octanol–water partition coefficient (Wildman–Crippen LogP) is 3.43. The number of benzene rings is 2. The van der Waals surface area contributed by atoms with Gasteiger partial charge < -0.3 is 19.4 Å². The van der Waals surface area contributed by atoms with Gasteiger partial charge in [-0.3, -0.25) is 9.69 Å². The number of tetrazole rings is 1. The molecule has 0 radical (unpaired) electrons. The first-order chi connectivity index (χ1) is 18.5. The Balaban J connectivity index is 1.52. The van der Waals surface area contributed by atoms with Gasteiger partial charge in [0.2, 0.25) is 0 Å². The minimum absolute atomic E-state index is 0.166. The highest BCUT2D eigenvalue weighted by atomic mass is 35.5. The van der Waals surface area contributed by atoms with Crippen LogP contribution in [-0.2, 0) is 11.3 Å². The molecule has 1 aliphatic rings. The number of anilines is 1. The van der Waals surface area contributed by atoms with E-state index in [1.54, 1.807) is 11.8 Å². The third-order valence-electron chi connectivity index (χ3n) is 6.95. The zero-order valence-corrected chi connectivity index (χ0v) is 22.6. The van der Waals surface area contributed by atoms with Crippen LogP contribution in [0.2, 0.25) is 5.02 Å². The monoisotopic (exact) mass is 537 g/mol. The van der Waals surface area contributed by atoms with Gasteiger partial charge in [0.15, 0.2) is 5.82 Å². The van der Waals surface area contributed by atoms with Crippen LogP contribution in [0, 0.1) is 6.92 Å². The van der Waals surface area contributed by atoms with E-state index < -0.39 is 6.04 Å². The van der Waals surface area contributed by atoms with Gasteiger partial charge in [0, 0.05) is 60.5 Å². The molecule has 1 N–H and O–H groups in total. The average Bonchev–Trinajstić information content (AvgIpc) is 3.38. The van der Waals surface area contributed by atoms with E-state index in [2.05, 4.69) is 37.2 Å². The van der Waals surface area contributed by atoms with Gasteiger partial charge in [-0.1, -0.05) is 17.7 Å². The summed E-state index contributed by atoms with van der Waals surface area (Å²) in [5.41, 5.74) is 3.49. The van der Waals surface area contributed by atoms with Gasteiger partial charge in [-0.25, -0.2) is 4.68 Å². The number of nitrogens with one attached hydrogen (secondary N) is 1. The van der Waals surface area contributed by atoms with Gasteiger partial charge in [0.05, 0.1) is 19.8 Å². The van der Waals surface area contributed by atoms with Gasteiger partial charge in [-0.15, -0.1) is 5.10 Å². The van der Waals surface area contributed by atoms with Crippen molar-refractivity contribution in [2.24, 2.45) is 0 Å². The first kappa shape index (κ1) is 26.1. The van der Waals surface area contributed by atoms with E-state index in [4.69, 9.17) is 21.1 Å². The smallest absolute Gasteiger partial charge is 0.253 e. The van der Waals surface area contributed by atoms with Crippen molar-refractivity contribution in [3.63, 3.8) is 0 Å². The molecular weight excluding hydrogens is 506 g/mol. The summed E-state index contributed by atoms with van der Waals surface area (Å²) < 4.78 is 12.7. The van der Waals surface area contributed by atoms with Gasteiger partial charge in [0.25, 0.3) is 5.56 Å². The van der Waals surface area contributed by atoms with Crippen LogP contribution in [0.5, 0.6) is 5.75 Å². The van der Waals surface area contributed by atoms with Crippen LogP contribution in [0.1, 0.15) is 29.9 Å². The summed E-state index contributed by atoms with van der Waals surface area (Å²) in [5, 5.41) is 14.2. The number of ether oxygens (including phenoxy) is 2. The highest BCUT2D eigenvalue weighted by molar-refractivity contribution is 6.30. The lowest BCUT2D eigenvalue weighted by molar-refractivity contribution is 0.171. The number of H-pyrrole nitrogens is 1. The highest BCUT2D eigenvalue weighted by Gasteiger charge is 2.33. The van der Waals surface area contributed by atoms with Crippen LogP contribution in [0.25, 0.3) is 10.9 Å². The van der Waals surface area contributed by atoms with Crippen molar-refractivity contribution >= 4 is 28.2 Å². The second-order valence-corrected chi connectivity index (χ2v) is 9.78. The number of aromatic nitrogens is 5. The average molecular weight is 538 g/mol. The second kappa shape index (κ2) is 11.5. The topological polar surface area (TPSA) is 101 Å². The lowest BCUT2D eigenvalue weighted by Crippen LogP contribution is -2.49. The van der Waals surface area contributed by atoms with Crippen LogP contribution in [0.4, 0.5) is 5.69 Å². The zero-order chi connectivity index (χ0) is 26.6. The Hall–Kier alpha value is -3.47. The van der Waals surface area contributed by atoms with Crippen molar-refractivity contribution in [2.45, 2.75) is 26.4 Å². The van der Waals surface area contributed by atoms with E-state index in [0.29, 0.717) is 44.2 Å². The molecule has 11 heteroatoms. The third-order valence-corrected chi connectivity index (χ3v) is 7.19. The largest absolute Gasteiger partial charge is 0.494 e. The van der Waals surface area contributed by atoms with E-state index >= 15 is 0 Å². The number of hydrogen-bond acceptors (Lipinski definition) is 8. The van der Waals surface area contributed by atoms with Crippen LogP contribution in [0.3, 0.4) is 0 Å². The van der Waals surface area contributed by atoms with Gasteiger partial charge in [-0.2, -0.15) is 0 Å². The summed E-state index contributed by atoms with van der Waals surface area (Å²) >= 11 is 6.30. The maximum atomic E-state index is 13.5. The molecular formula is C27H32ClN7O3. The Kier molecular flexibility index (Phi) is 7.92. The molecule has 4 aromatic rings. The Morgan fingerprint density at radius 3 is 2.68 bits per heavy atom. The number of rotatable bonds is 9. The first-order valence-corrected chi connectivity index (χ1v) is 13.2. The molecule has 2 aromatic heterocycles. The summed E-state index contributed by atoms with van der Waals surface area (Å²) in [6, 6.07) is 13.1. The lowest BCUT2D eigenvalue weighted by atomic mass is 10.0. The fourth-order valence-corrected chi connectivity index (χ4v) is 5.22. The number of piperazine rings is 1. The lowest BCUT2D eigenvalue weighted by Gasteiger charge is -2.40. The number of hydrogen-bond donors (Lipinski definition) is 1. The zero-order valence-electron chi connectivity index (χ0n) is 21.9. The number of pyridine rings is 1. The molecule has 200 valence electrons. The molecule has 1 fully saturated rings. The van der Waals surface area contributed by atoms with E-state index in [1.807, 2.05) is 49.4 Å². The van der Waals surface area contributed by atoms with Crippen molar-refractivity contribution in [2.75, 3.05) is 51.4 Å². The third kappa shape index (κ3) is 5.38. The summed E-state index contributed by atoms with van der Waals surface area (Å²) in [5.74, 6) is 1.37. The minimum atomic E-state index is -0.437. The predicted molar refractivity (Wildman–Crippen MR) is 147 cm³/mol. The number of aromatic amines is 1. The van der Waals surface area contributed by atoms with Crippen molar-refractivity contribution in [3.05, 3.63) is 74.8 Å². The maximum Gasteiger partial charge on any atom is 0.253 e. The van der Waals surface area contributed by atoms with E-state index in [1.165, 1.54) is 5.56 Å². The number of nitrogens with zero attached hydrogens (tertiary/aromatic N) is 6. The molecule has 2 aromatic carbocycles. The number of fused-ring (bicyclic) bond motifs is 1. The SMILES string of the molecule is CCOc1ccc2[nH]c(=O)c([C@@H](c3nnnn3CCOC)N3CCN(c4cc(Cl)ccc4C)CC3)cc2c1. The summed E-state index contributed by atoms with van der Waals surface area (Å²) in [7, 11) is 1.64. The van der Waals surface area contributed by atoms with Crippen LogP contribution >= 0.6 is 11.6 Å². The Morgan fingerprint density at radius 1 is 1.11 bits per heavy atom. The molecule has 1 aliphatic heterocycles. The fraction of sp³-hybridized carbons (Fsp3) is 0.407. The molecule has 0 spiro atoms. The summed E-state index contributed by atoms with van der Waals surface area (Å²) in [4.78, 5) is 21.1. The molecule has 0 amide bonds. The molecule has 10 nitrogen and oxygen atoms in total. The summed E-state index contributed by atoms with van der Waals surface area (Å²) in [6.45, 7) is 8.52. The molecule has 0 saturated carbocycles. The van der Waals surface area contributed by atoms with E-state index in [-0.39, 0.29) is 5.56 Å². The van der Waals surface area contributed by atoms with Crippen LogP contribution in [-0.4, -0.2) is 76.6 Å². The Labute approximate surface area is 226 Å². The maximum absolute atomic E-state index is 13.5. The van der Waals surface area contributed by atoms with Gasteiger partial charge >= 0.3 is 0 Å². The molecule has 0 aliphatic carbocycles. The second-order valence-electron chi connectivity index (χ2n) is 9.35. The van der Waals surface area contributed by atoms with Crippen molar-refractivity contribution in [1.29, 1.82) is 0 Å². The fourth-order valence-electron chi connectivity index (χ4n) is 5.05. The standard InChI is InChI=1S/C27H32ClN7O3/c1-4-38-21-7-8-23-19(15-21)16-22(27(36)29-23)25(26-30-31-32-35(26)13-14-37-3)34-11-9-33(10-12-34)24-17-20(28)6-5-18(24)2/h5-8,15-17,25H,4,9-14H2,1-3H3,(H,29,36)/t25-/m0/s1. The highest BCUT2D eigenvalue weighted by Crippen LogP contribution is 2.31. The van der Waals surface area contributed by atoms with Crippen molar-refractivity contribution < 1.29 is 9.47 Å². The molecule has 0 bridgehead atoms. The number of aryl methyl sites for hydroxylation is 1. The van der Waals surface area contributed by atoms with Crippen molar-refractivity contribution in [3.8, 4) is 5.75 Å². The normalized spacial score (nSPS) is 15.2. The Morgan fingerprint density at radius 2 is 1.92 bits per heavy atom. The molecule has 5 rings (SSSR count). The molecule has 3 heterocycles. The van der Waals surface area contributed by atoms with Crippen molar-refractivity contribution in [1.82, 2.24) is 30.1 Å². The molecule has 38 heavy (non-hydrogen) atoms. The van der Waals surface area contributed by atoms with Crippen LogP contribution < -0.4 is 15.2 Å². The van der Waals surface area contributed by atoms with E-state index in [0.717, 1.165) is 40.5 Å². The molecule has 1 atom stereocenters. The molecule has 1 saturated heterocycles. The minimum Gasteiger partial charge on any atom is -0.494 e. The van der Waals surface area contributed by atoms with E-state index in [9.17, 15) is 4.79 Å².